The molecule has 0 aliphatic carbocycles. The van der Waals surface area contributed by atoms with E-state index in [-0.39, 0.29) is 9.52 Å². The highest BCUT2D eigenvalue weighted by Gasteiger charge is 2.13. The molecule has 2 rings (SSSR count). The van der Waals surface area contributed by atoms with Gasteiger partial charge in [-0.15, -0.1) is 0 Å². The molecular weight excluding hydrogens is 200 g/mol. The Hall–Kier alpha value is -0.603. The molecule has 1 atom stereocenters. The quantitative estimate of drug-likeness (QED) is 0.710. The Bertz CT molecular complexity index is 288. The average Bonchev–Trinajstić information content (AvgIpc) is 2.30. The van der Waals surface area contributed by atoms with Crippen molar-refractivity contribution in [2.45, 2.75) is 38.0 Å². The van der Waals surface area contributed by atoms with Crippen molar-refractivity contribution in [2.24, 2.45) is 0 Å². The van der Waals surface area contributed by atoms with Gasteiger partial charge < -0.3 is 4.74 Å². The monoisotopic (exact) mass is 220 g/mol. The molecule has 15 heavy (non-hydrogen) atoms. The predicted octanol–water partition coefficient (Wildman–Crippen LogP) is 2.19. The largest absolute Gasteiger partial charge is 0.382 e. The zero-order chi connectivity index (χ0) is 10.5. The van der Waals surface area contributed by atoms with Crippen LogP contribution < -0.4 is 0 Å². The van der Waals surface area contributed by atoms with Crippen LogP contribution in [0.1, 0.15) is 30.4 Å². The van der Waals surface area contributed by atoms with Crippen LogP contribution in [0.4, 0.5) is 0 Å². The summed E-state index contributed by atoms with van der Waals surface area (Å²) in [7, 11) is -0.0673. The molecule has 2 heteroatoms. The van der Waals surface area contributed by atoms with Crippen LogP contribution in [0.3, 0.4) is 0 Å². The summed E-state index contributed by atoms with van der Waals surface area (Å²) in [6.45, 7) is 3.15. The molecule has 1 aromatic rings. The first-order chi connectivity index (χ1) is 7.34. The van der Waals surface area contributed by atoms with Gasteiger partial charge in [0.1, 0.15) is 0 Å². The molecule has 1 nitrogen and oxygen atoms in total. The third-order valence-electron chi connectivity index (χ3n) is 3.15. The Kier molecular flexibility index (Phi) is 3.98. The van der Waals surface area contributed by atoms with Crippen LogP contribution in [0.2, 0.25) is 0 Å². The van der Waals surface area contributed by atoms with Crippen molar-refractivity contribution in [1.29, 1.82) is 0 Å². The van der Waals surface area contributed by atoms with Crippen molar-refractivity contribution >= 4 is 9.52 Å². The molecule has 0 spiro atoms. The zero-order valence-electron chi connectivity index (χ0n) is 9.54. The van der Waals surface area contributed by atoms with Gasteiger partial charge in [-0.2, -0.15) is 0 Å². The smallest absolute Gasteiger partial charge is 0.0599 e. The van der Waals surface area contributed by atoms with E-state index in [2.05, 4.69) is 31.2 Å². The molecule has 1 fully saturated rings. The average molecular weight is 220 g/mol. The summed E-state index contributed by atoms with van der Waals surface area (Å²) >= 11 is 0. The molecule has 0 radical (unpaired) electrons. The lowest BCUT2D eigenvalue weighted by Crippen LogP contribution is -2.26. The summed E-state index contributed by atoms with van der Waals surface area (Å²) < 4.78 is 5.79. The minimum Gasteiger partial charge on any atom is -0.382 e. The van der Waals surface area contributed by atoms with Crippen LogP contribution in [0.15, 0.2) is 24.3 Å². The second-order valence-corrected chi connectivity index (χ2v) is 6.50. The van der Waals surface area contributed by atoms with Gasteiger partial charge in [-0.3, -0.25) is 0 Å². The van der Waals surface area contributed by atoms with Crippen molar-refractivity contribution in [3.63, 3.8) is 0 Å². The number of aryl methyl sites for hydroxylation is 1. The number of hydrogen-bond donors (Lipinski definition) is 0. The maximum Gasteiger partial charge on any atom is 0.0599 e. The van der Waals surface area contributed by atoms with Crippen LogP contribution in [0, 0.1) is 6.92 Å². The third kappa shape index (κ3) is 3.47. The van der Waals surface area contributed by atoms with Crippen molar-refractivity contribution in [1.82, 2.24) is 0 Å². The van der Waals surface area contributed by atoms with Gasteiger partial charge in [0.2, 0.25) is 0 Å². The Morgan fingerprint density at radius 2 is 2.07 bits per heavy atom. The van der Waals surface area contributed by atoms with Gasteiger partial charge >= 0.3 is 0 Å². The third-order valence-corrected chi connectivity index (χ3v) is 5.30. The lowest BCUT2D eigenvalue weighted by Gasteiger charge is -2.22. The van der Waals surface area contributed by atoms with Gasteiger partial charge in [0.25, 0.3) is 0 Å². The van der Waals surface area contributed by atoms with Crippen LogP contribution in [0.5, 0.6) is 0 Å². The number of rotatable bonds is 3. The summed E-state index contributed by atoms with van der Waals surface area (Å²) in [5.74, 6) is 0. The van der Waals surface area contributed by atoms with Crippen molar-refractivity contribution < 1.29 is 4.74 Å². The van der Waals surface area contributed by atoms with Crippen molar-refractivity contribution in [3.05, 3.63) is 35.4 Å². The van der Waals surface area contributed by atoms with E-state index in [9.17, 15) is 0 Å². The SMILES string of the molecule is Cc1ccc(C[SiH2]C2CCCCO2)cc1. The highest BCUT2D eigenvalue weighted by Crippen LogP contribution is 2.13. The predicted molar refractivity (Wildman–Crippen MR) is 67.0 cm³/mol. The fraction of sp³-hybridized carbons (Fsp3) is 0.538. The molecule has 0 N–H and O–H groups in total. The molecule has 1 aliphatic heterocycles. The van der Waals surface area contributed by atoms with Gasteiger partial charge in [-0.05, 0) is 32.2 Å². The molecule has 0 bridgehead atoms. The van der Waals surface area contributed by atoms with Crippen molar-refractivity contribution in [3.8, 4) is 0 Å². The van der Waals surface area contributed by atoms with E-state index in [1.807, 2.05) is 0 Å². The van der Waals surface area contributed by atoms with E-state index in [0.29, 0.717) is 5.73 Å². The van der Waals surface area contributed by atoms with E-state index in [1.54, 1.807) is 0 Å². The van der Waals surface area contributed by atoms with Gasteiger partial charge in [-0.1, -0.05) is 35.4 Å². The first-order valence-corrected chi connectivity index (χ1v) is 7.83. The highest BCUT2D eigenvalue weighted by molar-refractivity contribution is 6.36. The first-order valence-electron chi connectivity index (χ1n) is 6.02. The van der Waals surface area contributed by atoms with Gasteiger partial charge in [0, 0.05) is 12.3 Å². The number of ether oxygens (including phenoxy) is 1. The normalized spacial score (nSPS) is 22.3. The topological polar surface area (TPSA) is 9.23 Å². The summed E-state index contributed by atoms with van der Waals surface area (Å²) in [6.07, 6.45) is 3.97. The standard InChI is InChI=1S/C13H20OSi/c1-11-5-7-12(8-6-11)10-15-13-4-2-3-9-14-13/h5-8,13H,2-4,9-10,15H2,1H3. The Morgan fingerprint density at radius 3 is 2.73 bits per heavy atom. The maximum absolute atomic E-state index is 5.79. The fourth-order valence-electron chi connectivity index (χ4n) is 2.12. The van der Waals surface area contributed by atoms with Gasteiger partial charge in [0.15, 0.2) is 0 Å². The molecule has 0 saturated carbocycles. The molecule has 0 amide bonds. The van der Waals surface area contributed by atoms with Crippen LogP contribution >= 0.6 is 0 Å². The van der Waals surface area contributed by atoms with Gasteiger partial charge in [-0.25, -0.2) is 0 Å². The zero-order valence-corrected chi connectivity index (χ0v) is 11.0. The summed E-state index contributed by atoms with van der Waals surface area (Å²) in [6, 6.07) is 10.3. The van der Waals surface area contributed by atoms with Gasteiger partial charge in [0.05, 0.1) is 9.52 Å². The molecule has 1 aromatic carbocycles. The summed E-state index contributed by atoms with van der Waals surface area (Å²) in [4.78, 5) is 0. The van der Waals surface area contributed by atoms with E-state index >= 15 is 0 Å². The lowest BCUT2D eigenvalue weighted by atomic mass is 10.2. The van der Waals surface area contributed by atoms with E-state index < -0.39 is 0 Å². The molecule has 1 saturated heterocycles. The Balaban J connectivity index is 1.79. The highest BCUT2D eigenvalue weighted by atomic mass is 28.2. The fourth-order valence-corrected chi connectivity index (χ4v) is 4.02. The van der Waals surface area contributed by atoms with E-state index in [4.69, 9.17) is 4.74 Å². The van der Waals surface area contributed by atoms with Crippen LogP contribution in [0.25, 0.3) is 0 Å². The lowest BCUT2D eigenvalue weighted by molar-refractivity contribution is 0.0649. The summed E-state index contributed by atoms with van der Waals surface area (Å²) in [5.41, 5.74) is 3.51. The molecular formula is C13H20OSi. The molecule has 0 aromatic heterocycles. The Labute approximate surface area is 94.7 Å². The second kappa shape index (κ2) is 5.47. The molecule has 1 heterocycles. The summed E-state index contributed by atoms with van der Waals surface area (Å²) in [5, 5.41) is 0. The Morgan fingerprint density at radius 1 is 1.27 bits per heavy atom. The van der Waals surface area contributed by atoms with Crippen LogP contribution in [-0.4, -0.2) is 21.9 Å². The second-order valence-electron chi connectivity index (χ2n) is 4.51. The maximum atomic E-state index is 5.79. The molecule has 1 aliphatic rings. The van der Waals surface area contributed by atoms with Crippen molar-refractivity contribution in [2.75, 3.05) is 6.61 Å². The van der Waals surface area contributed by atoms with E-state index in [1.165, 1.54) is 36.4 Å². The minimum atomic E-state index is -0.0673. The number of hydrogen-bond acceptors (Lipinski definition) is 1. The molecule has 1 unspecified atom stereocenters. The molecule has 82 valence electrons. The van der Waals surface area contributed by atoms with Crippen LogP contribution in [-0.2, 0) is 10.8 Å². The minimum absolute atomic E-state index is 0.0673. The first kappa shape index (κ1) is 10.9. The van der Waals surface area contributed by atoms with E-state index in [0.717, 1.165) is 6.61 Å². The number of benzene rings is 1.